The molecule has 0 bridgehead atoms. The van der Waals surface area contributed by atoms with Crippen molar-refractivity contribution in [2.75, 3.05) is 11.4 Å². The van der Waals surface area contributed by atoms with E-state index in [-0.39, 0.29) is 11.9 Å². The fourth-order valence-electron chi connectivity index (χ4n) is 2.68. The maximum atomic E-state index is 13.5. The second kappa shape index (κ2) is 5.16. The number of hydrogen-bond donors (Lipinski definition) is 0. The average Bonchev–Trinajstić information content (AvgIpc) is 2.39. The molecule has 0 radical (unpaired) electrons. The Balaban J connectivity index is 1.92. The molecule has 1 heterocycles. The highest BCUT2D eigenvalue weighted by Crippen LogP contribution is 2.34. The Bertz CT molecular complexity index is 626. The molecule has 1 atom stereocenters. The second-order valence-electron chi connectivity index (χ2n) is 5.41. The van der Waals surface area contributed by atoms with Crippen molar-refractivity contribution in [2.24, 2.45) is 0 Å². The summed E-state index contributed by atoms with van der Waals surface area (Å²) in [5.74, 6) is 0.536. The summed E-state index contributed by atoms with van der Waals surface area (Å²) in [5.41, 5.74) is 3.31. The third kappa shape index (κ3) is 2.62. The fourth-order valence-corrected chi connectivity index (χ4v) is 2.68. The minimum atomic E-state index is -0.226. The first-order chi connectivity index (χ1) is 9.61. The first kappa shape index (κ1) is 13.0. The fraction of sp³-hybridized carbons (Fsp3) is 0.294. The van der Waals surface area contributed by atoms with Gasteiger partial charge in [-0.1, -0.05) is 29.8 Å². The summed E-state index contributed by atoms with van der Waals surface area (Å²) >= 11 is 0. The van der Waals surface area contributed by atoms with Crippen LogP contribution < -0.4 is 9.64 Å². The average molecular weight is 271 g/mol. The molecular formula is C17H18FNO. The van der Waals surface area contributed by atoms with E-state index in [4.69, 9.17) is 4.74 Å². The molecule has 1 aliphatic rings. The molecule has 0 aliphatic carbocycles. The summed E-state index contributed by atoms with van der Waals surface area (Å²) < 4.78 is 19.3. The lowest BCUT2D eigenvalue weighted by Crippen LogP contribution is -2.38. The lowest BCUT2D eigenvalue weighted by atomic mass is 10.1. The highest BCUT2D eigenvalue weighted by molar-refractivity contribution is 5.60. The first-order valence-corrected chi connectivity index (χ1v) is 6.88. The van der Waals surface area contributed by atoms with E-state index in [0.717, 1.165) is 24.5 Å². The first-order valence-electron chi connectivity index (χ1n) is 6.88. The molecule has 1 unspecified atom stereocenters. The van der Waals surface area contributed by atoms with E-state index < -0.39 is 0 Å². The van der Waals surface area contributed by atoms with Crippen molar-refractivity contribution in [1.82, 2.24) is 0 Å². The number of rotatable bonds is 2. The van der Waals surface area contributed by atoms with Gasteiger partial charge in [-0.15, -0.1) is 0 Å². The van der Waals surface area contributed by atoms with Gasteiger partial charge in [0.15, 0.2) is 0 Å². The number of aryl methyl sites for hydroxylation is 1. The highest BCUT2D eigenvalue weighted by atomic mass is 19.1. The zero-order valence-corrected chi connectivity index (χ0v) is 11.8. The quantitative estimate of drug-likeness (QED) is 0.820. The Morgan fingerprint density at radius 2 is 2.10 bits per heavy atom. The number of ether oxygens (including phenoxy) is 1. The highest BCUT2D eigenvalue weighted by Gasteiger charge is 2.23. The van der Waals surface area contributed by atoms with Crippen molar-refractivity contribution in [1.29, 1.82) is 0 Å². The summed E-state index contributed by atoms with van der Waals surface area (Å²) in [6.45, 7) is 5.66. The van der Waals surface area contributed by atoms with Crippen molar-refractivity contribution < 1.29 is 9.13 Å². The zero-order chi connectivity index (χ0) is 14.1. The van der Waals surface area contributed by atoms with Crippen LogP contribution in [0.3, 0.4) is 0 Å². The van der Waals surface area contributed by atoms with Gasteiger partial charge in [0.2, 0.25) is 0 Å². The van der Waals surface area contributed by atoms with E-state index in [0.29, 0.717) is 0 Å². The van der Waals surface area contributed by atoms with E-state index in [1.807, 2.05) is 6.92 Å². The summed E-state index contributed by atoms with van der Waals surface area (Å²) in [4.78, 5) is 2.18. The van der Waals surface area contributed by atoms with Crippen molar-refractivity contribution >= 4 is 5.69 Å². The van der Waals surface area contributed by atoms with Crippen LogP contribution in [0.25, 0.3) is 0 Å². The second-order valence-corrected chi connectivity index (χ2v) is 5.41. The molecule has 104 valence electrons. The van der Waals surface area contributed by atoms with Crippen molar-refractivity contribution in [2.45, 2.75) is 26.5 Å². The molecule has 2 aromatic carbocycles. The number of benzene rings is 2. The maximum Gasteiger partial charge on any atom is 0.143 e. The number of nitrogens with zero attached hydrogens (tertiary/aromatic N) is 1. The van der Waals surface area contributed by atoms with E-state index >= 15 is 0 Å². The molecule has 3 heteroatoms. The molecule has 0 saturated heterocycles. The molecule has 1 aliphatic heterocycles. The lowest BCUT2D eigenvalue weighted by Gasteiger charge is -2.35. The Morgan fingerprint density at radius 3 is 2.90 bits per heavy atom. The standard InChI is InChI=1S/C17H18FNO/c1-12-4-3-5-14(8-12)11-19-10-13(2)20-17-7-6-15(18)9-16(17)19/h3-9,13H,10-11H2,1-2H3. The van der Waals surface area contributed by atoms with Gasteiger partial charge in [0.25, 0.3) is 0 Å². The molecule has 2 aromatic rings. The van der Waals surface area contributed by atoms with Gasteiger partial charge < -0.3 is 9.64 Å². The number of anilines is 1. The van der Waals surface area contributed by atoms with Crippen LogP contribution in [0.4, 0.5) is 10.1 Å². The summed E-state index contributed by atoms with van der Waals surface area (Å²) in [7, 11) is 0. The van der Waals surface area contributed by atoms with Crippen LogP contribution >= 0.6 is 0 Å². The topological polar surface area (TPSA) is 12.5 Å². The van der Waals surface area contributed by atoms with Crippen LogP contribution in [-0.2, 0) is 6.54 Å². The van der Waals surface area contributed by atoms with E-state index in [1.54, 1.807) is 12.1 Å². The van der Waals surface area contributed by atoms with Gasteiger partial charge >= 0.3 is 0 Å². The van der Waals surface area contributed by atoms with E-state index in [2.05, 4.69) is 36.1 Å². The van der Waals surface area contributed by atoms with Gasteiger partial charge in [-0.2, -0.15) is 0 Å². The van der Waals surface area contributed by atoms with E-state index in [1.165, 1.54) is 17.2 Å². The number of halogens is 1. The van der Waals surface area contributed by atoms with Gasteiger partial charge in [-0.3, -0.25) is 0 Å². The van der Waals surface area contributed by atoms with E-state index in [9.17, 15) is 4.39 Å². The zero-order valence-electron chi connectivity index (χ0n) is 11.8. The summed E-state index contributed by atoms with van der Waals surface area (Å²) in [5, 5.41) is 0. The molecule has 20 heavy (non-hydrogen) atoms. The predicted molar refractivity (Wildman–Crippen MR) is 78.7 cm³/mol. The van der Waals surface area contributed by atoms with Crippen LogP contribution in [0.1, 0.15) is 18.1 Å². The van der Waals surface area contributed by atoms with Crippen LogP contribution in [0.15, 0.2) is 42.5 Å². The SMILES string of the molecule is Cc1cccc(CN2CC(C)Oc3ccc(F)cc32)c1. The van der Waals surface area contributed by atoms with Crippen molar-refractivity contribution in [3.8, 4) is 5.75 Å². The smallest absolute Gasteiger partial charge is 0.143 e. The largest absolute Gasteiger partial charge is 0.487 e. The Hall–Kier alpha value is -2.03. The van der Waals surface area contributed by atoms with Gasteiger partial charge in [0.1, 0.15) is 17.7 Å². The number of fused-ring (bicyclic) bond motifs is 1. The molecule has 2 nitrogen and oxygen atoms in total. The number of hydrogen-bond acceptors (Lipinski definition) is 2. The molecule has 0 fully saturated rings. The monoisotopic (exact) mass is 271 g/mol. The Kier molecular flexibility index (Phi) is 3.35. The molecule has 0 aromatic heterocycles. The molecule has 0 N–H and O–H groups in total. The van der Waals surface area contributed by atoms with Crippen LogP contribution in [0.2, 0.25) is 0 Å². The summed E-state index contributed by atoms with van der Waals surface area (Å²) in [6, 6.07) is 13.1. The van der Waals surface area contributed by atoms with Crippen LogP contribution in [0.5, 0.6) is 5.75 Å². The van der Waals surface area contributed by atoms with Gasteiger partial charge in [0.05, 0.1) is 12.2 Å². The Labute approximate surface area is 118 Å². The van der Waals surface area contributed by atoms with Gasteiger partial charge in [-0.05, 0) is 31.5 Å². The minimum Gasteiger partial charge on any atom is -0.487 e. The third-order valence-electron chi connectivity index (χ3n) is 3.52. The van der Waals surface area contributed by atoms with Crippen LogP contribution in [-0.4, -0.2) is 12.6 Å². The maximum absolute atomic E-state index is 13.5. The van der Waals surface area contributed by atoms with Crippen molar-refractivity contribution in [3.63, 3.8) is 0 Å². The molecular weight excluding hydrogens is 253 g/mol. The third-order valence-corrected chi connectivity index (χ3v) is 3.52. The molecule has 0 saturated carbocycles. The molecule has 0 spiro atoms. The lowest BCUT2D eigenvalue weighted by molar-refractivity contribution is 0.211. The van der Waals surface area contributed by atoms with Gasteiger partial charge in [-0.25, -0.2) is 4.39 Å². The molecule has 3 rings (SSSR count). The van der Waals surface area contributed by atoms with Crippen molar-refractivity contribution in [3.05, 3.63) is 59.4 Å². The predicted octanol–water partition coefficient (Wildman–Crippen LogP) is 3.92. The molecule has 0 amide bonds. The normalized spacial score (nSPS) is 17.6. The van der Waals surface area contributed by atoms with Crippen LogP contribution in [0, 0.1) is 12.7 Å². The summed E-state index contributed by atoms with van der Waals surface area (Å²) in [6.07, 6.45) is 0.109. The minimum absolute atomic E-state index is 0.109. The van der Waals surface area contributed by atoms with Gasteiger partial charge in [0, 0.05) is 12.6 Å². The Morgan fingerprint density at radius 1 is 1.25 bits per heavy atom.